The van der Waals surface area contributed by atoms with Crippen LogP contribution in [0.2, 0.25) is 0 Å². The highest BCUT2D eigenvalue weighted by Gasteiger charge is 2.39. The molecule has 29 heavy (non-hydrogen) atoms. The molecule has 1 aromatic heterocycles. The van der Waals surface area contributed by atoms with E-state index in [0.717, 1.165) is 5.56 Å². The number of nitrogens with zero attached hydrogens (tertiary/aromatic N) is 2. The maximum atomic E-state index is 12.7. The number of amides is 4. The van der Waals surface area contributed by atoms with Gasteiger partial charge >= 0.3 is 0 Å². The Morgan fingerprint density at radius 3 is 2.83 bits per heavy atom. The summed E-state index contributed by atoms with van der Waals surface area (Å²) in [5.41, 5.74) is 2.51. The number of piperidine rings is 1. The second kappa shape index (κ2) is 7.46. The van der Waals surface area contributed by atoms with Crippen molar-refractivity contribution in [3.05, 3.63) is 65.0 Å². The Morgan fingerprint density at radius 1 is 1.28 bits per heavy atom. The van der Waals surface area contributed by atoms with E-state index in [-0.39, 0.29) is 36.7 Å². The van der Waals surface area contributed by atoms with Crippen molar-refractivity contribution in [3.63, 3.8) is 0 Å². The number of imide groups is 1. The van der Waals surface area contributed by atoms with Crippen LogP contribution in [0.1, 0.15) is 57.7 Å². The predicted octanol–water partition coefficient (Wildman–Crippen LogP) is 1.33. The van der Waals surface area contributed by atoms with E-state index >= 15 is 0 Å². The summed E-state index contributed by atoms with van der Waals surface area (Å²) in [7, 11) is 0. The molecule has 0 bridgehead atoms. The predicted molar refractivity (Wildman–Crippen MR) is 103 cm³/mol. The van der Waals surface area contributed by atoms with Crippen LogP contribution in [0.15, 0.2) is 42.7 Å². The third-order valence-corrected chi connectivity index (χ3v) is 5.32. The molecular formula is C21H20N4O4. The minimum Gasteiger partial charge on any atom is -0.345 e. The number of hydrogen-bond donors (Lipinski definition) is 2. The van der Waals surface area contributed by atoms with Gasteiger partial charge in [-0.05, 0) is 48.7 Å². The smallest absolute Gasteiger partial charge is 0.255 e. The normalized spacial score (nSPS) is 19.6. The van der Waals surface area contributed by atoms with Crippen LogP contribution in [0.3, 0.4) is 0 Å². The maximum Gasteiger partial charge on any atom is 0.255 e. The number of nitrogens with one attached hydrogen (secondary N) is 2. The number of carbonyl (C=O) groups excluding carboxylic acids is 4. The van der Waals surface area contributed by atoms with Gasteiger partial charge in [0.25, 0.3) is 11.8 Å². The van der Waals surface area contributed by atoms with Crippen molar-refractivity contribution in [1.82, 2.24) is 20.5 Å². The second-order valence-corrected chi connectivity index (χ2v) is 7.25. The number of carbonyl (C=O) groups is 4. The molecule has 4 rings (SSSR count). The average molecular weight is 392 g/mol. The fourth-order valence-electron chi connectivity index (χ4n) is 3.71. The van der Waals surface area contributed by atoms with Gasteiger partial charge in [-0.1, -0.05) is 6.07 Å². The molecule has 1 aromatic carbocycles. The molecule has 148 valence electrons. The highest BCUT2D eigenvalue weighted by molar-refractivity contribution is 6.06. The lowest BCUT2D eigenvalue weighted by molar-refractivity contribution is -0.136. The molecule has 2 atom stereocenters. The number of fused-ring (bicyclic) bond motifs is 1. The Balaban J connectivity index is 1.49. The lowest BCUT2D eigenvalue weighted by atomic mass is 10.0. The molecule has 0 spiro atoms. The summed E-state index contributed by atoms with van der Waals surface area (Å²) in [5.74, 6) is -1.29. The maximum absolute atomic E-state index is 12.7. The molecule has 2 aliphatic rings. The van der Waals surface area contributed by atoms with Crippen LogP contribution in [-0.4, -0.2) is 39.6 Å². The molecule has 2 aromatic rings. The summed E-state index contributed by atoms with van der Waals surface area (Å²) in [6.07, 6.45) is 3.88. The van der Waals surface area contributed by atoms with Gasteiger partial charge in [0.15, 0.2) is 0 Å². The first-order chi connectivity index (χ1) is 13.9. The molecule has 0 saturated carbocycles. The van der Waals surface area contributed by atoms with E-state index < -0.39 is 11.9 Å². The summed E-state index contributed by atoms with van der Waals surface area (Å²) in [4.78, 5) is 54.4. The molecule has 8 nitrogen and oxygen atoms in total. The Hall–Kier alpha value is -3.55. The largest absolute Gasteiger partial charge is 0.345 e. The van der Waals surface area contributed by atoms with E-state index in [1.54, 1.807) is 30.6 Å². The van der Waals surface area contributed by atoms with Crippen LogP contribution in [0.5, 0.6) is 0 Å². The van der Waals surface area contributed by atoms with E-state index in [0.29, 0.717) is 23.1 Å². The van der Waals surface area contributed by atoms with Crippen LogP contribution in [0.4, 0.5) is 0 Å². The van der Waals surface area contributed by atoms with E-state index in [9.17, 15) is 19.2 Å². The third-order valence-electron chi connectivity index (χ3n) is 5.32. The van der Waals surface area contributed by atoms with Gasteiger partial charge in [-0.3, -0.25) is 29.5 Å². The van der Waals surface area contributed by atoms with Crippen LogP contribution >= 0.6 is 0 Å². The van der Waals surface area contributed by atoms with E-state index in [1.165, 1.54) is 4.90 Å². The fourth-order valence-corrected chi connectivity index (χ4v) is 3.71. The number of hydrogen-bond acceptors (Lipinski definition) is 5. The first kappa shape index (κ1) is 18.8. The van der Waals surface area contributed by atoms with E-state index in [2.05, 4.69) is 15.6 Å². The minimum atomic E-state index is -0.671. The zero-order valence-electron chi connectivity index (χ0n) is 15.8. The number of aromatic nitrogens is 1. The van der Waals surface area contributed by atoms with Gasteiger partial charge in [-0.2, -0.15) is 0 Å². The lowest BCUT2D eigenvalue weighted by Gasteiger charge is -2.29. The molecule has 0 radical (unpaired) electrons. The molecule has 0 aliphatic carbocycles. The van der Waals surface area contributed by atoms with Crippen molar-refractivity contribution in [3.8, 4) is 0 Å². The van der Waals surface area contributed by atoms with Gasteiger partial charge in [-0.25, -0.2) is 0 Å². The van der Waals surface area contributed by atoms with Crippen molar-refractivity contribution < 1.29 is 19.2 Å². The standard InChI is InChI=1S/C21H20N4O4/c1-12(14-3-2-8-22-10-14)23-19(27)13-4-5-16-15(9-13)11-25(21(16)29)17-6-7-18(26)24-20(17)28/h2-5,8-10,12,17H,6-7,11H2,1H3,(H,23,27)(H,24,26,28). The van der Waals surface area contributed by atoms with Crippen molar-refractivity contribution in [2.75, 3.05) is 0 Å². The molecule has 2 aliphatic heterocycles. The summed E-state index contributed by atoms with van der Waals surface area (Å²) in [6, 6.07) is 7.72. The summed E-state index contributed by atoms with van der Waals surface area (Å²) >= 11 is 0. The lowest BCUT2D eigenvalue weighted by Crippen LogP contribution is -2.52. The number of pyridine rings is 1. The first-order valence-corrected chi connectivity index (χ1v) is 9.42. The highest BCUT2D eigenvalue weighted by Crippen LogP contribution is 2.28. The van der Waals surface area contributed by atoms with Gasteiger partial charge in [0, 0.05) is 36.5 Å². The van der Waals surface area contributed by atoms with Gasteiger partial charge < -0.3 is 10.2 Å². The Morgan fingerprint density at radius 2 is 2.10 bits per heavy atom. The van der Waals surface area contributed by atoms with Crippen molar-refractivity contribution >= 4 is 23.6 Å². The topological polar surface area (TPSA) is 108 Å². The van der Waals surface area contributed by atoms with Gasteiger partial charge in [0.05, 0.1) is 6.04 Å². The van der Waals surface area contributed by atoms with Crippen molar-refractivity contribution in [2.45, 2.75) is 38.4 Å². The molecule has 2 N–H and O–H groups in total. The van der Waals surface area contributed by atoms with Gasteiger partial charge in [0.2, 0.25) is 11.8 Å². The fraction of sp³-hybridized carbons (Fsp3) is 0.286. The summed E-state index contributed by atoms with van der Waals surface area (Å²) in [5, 5.41) is 5.20. The average Bonchev–Trinajstić information content (AvgIpc) is 3.04. The molecule has 3 heterocycles. The van der Waals surface area contributed by atoms with E-state index in [4.69, 9.17) is 0 Å². The van der Waals surface area contributed by atoms with Crippen LogP contribution in [0, 0.1) is 0 Å². The zero-order valence-corrected chi connectivity index (χ0v) is 15.8. The summed E-state index contributed by atoms with van der Waals surface area (Å²) in [6.45, 7) is 2.11. The molecule has 8 heteroatoms. The molecule has 2 unspecified atom stereocenters. The molecule has 4 amide bonds. The van der Waals surface area contributed by atoms with Gasteiger partial charge in [0.1, 0.15) is 6.04 Å². The van der Waals surface area contributed by atoms with Crippen LogP contribution < -0.4 is 10.6 Å². The first-order valence-electron chi connectivity index (χ1n) is 9.42. The zero-order chi connectivity index (χ0) is 20.5. The Labute approximate surface area is 167 Å². The minimum absolute atomic E-state index is 0.205. The second-order valence-electron chi connectivity index (χ2n) is 7.25. The quantitative estimate of drug-likeness (QED) is 0.763. The SMILES string of the molecule is CC(NC(=O)c1ccc2c(c1)CN(C1CCC(=O)NC1=O)C2=O)c1cccnc1. The number of benzene rings is 1. The highest BCUT2D eigenvalue weighted by atomic mass is 16.2. The monoisotopic (exact) mass is 392 g/mol. The van der Waals surface area contributed by atoms with Crippen molar-refractivity contribution in [1.29, 1.82) is 0 Å². The molecular weight excluding hydrogens is 372 g/mol. The third kappa shape index (κ3) is 3.61. The number of rotatable bonds is 4. The molecule has 1 saturated heterocycles. The van der Waals surface area contributed by atoms with Crippen molar-refractivity contribution in [2.24, 2.45) is 0 Å². The van der Waals surface area contributed by atoms with Gasteiger partial charge in [-0.15, -0.1) is 0 Å². The van der Waals surface area contributed by atoms with Crippen LogP contribution in [0.25, 0.3) is 0 Å². The van der Waals surface area contributed by atoms with Crippen LogP contribution in [-0.2, 0) is 16.1 Å². The molecule has 1 fully saturated rings. The van der Waals surface area contributed by atoms with E-state index in [1.807, 2.05) is 19.1 Å². The Kier molecular flexibility index (Phi) is 4.84. The Bertz CT molecular complexity index is 1000. The summed E-state index contributed by atoms with van der Waals surface area (Å²) < 4.78 is 0.